The van der Waals surface area contributed by atoms with E-state index in [1.807, 2.05) is 13.0 Å². The molecule has 0 fully saturated rings. The van der Waals surface area contributed by atoms with Gasteiger partial charge in [0.15, 0.2) is 0 Å². The van der Waals surface area contributed by atoms with Crippen molar-refractivity contribution in [1.82, 2.24) is 0 Å². The first kappa shape index (κ1) is 11.0. The summed E-state index contributed by atoms with van der Waals surface area (Å²) >= 11 is 5.49. The van der Waals surface area contributed by atoms with Crippen LogP contribution in [-0.2, 0) is 0 Å². The fourth-order valence-electron chi connectivity index (χ4n) is 0.929. The molecule has 66 valence electrons. The van der Waals surface area contributed by atoms with Crippen LogP contribution < -0.4 is 0 Å². The predicted octanol–water partition coefficient (Wildman–Crippen LogP) is 2.58. The highest BCUT2D eigenvalue weighted by Crippen LogP contribution is 2.13. The third-order valence-electron chi connectivity index (χ3n) is 1.88. The molecule has 0 amide bonds. The molecule has 0 spiro atoms. The number of rotatable bonds is 6. The molecule has 0 aliphatic rings. The van der Waals surface area contributed by atoms with Gasteiger partial charge in [-0.3, -0.25) is 0 Å². The molecular weight excluding hydrogens is 160 g/mol. The summed E-state index contributed by atoms with van der Waals surface area (Å²) < 4.78 is 0. The molecular formula is C9H17ClO. The molecule has 0 heterocycles. The summed E-state index contributed by atoms with van der Waals surface area (Å²) in [6.07, 6.45) is 4.71. The van der Waals surface area contributed by atoms with Crippen molar-refractivity contribution in [2.45, 2.75) is 32.3 Å². The zero-order valence-corrected chi connectivity index (χ0v) is 7.85. The van der Waals surface area contributed by atoms with Crippen LogP contribution in [0.3, 0.4) is 0 Å². The first-order valence-electron chi connectivity index (χ1n) is 4.07. The highest BCUT2D eigenvalue weighted by Gasteiger charge is 2.11. The number of halogens is 1. The molecule has 1 N–H and O–H groups in total. The number of alkyl halides is 1. The Balaban J connectivity index is 3.34. The van der Waals surface area contributed by atoms with Crippen molar-refractivity contribution in [1.29, 1.82) is 0 Å². The van der Waals surface area contributed by atoms with Crippen molar-refractivity contribution in [2.24, 2.45) is 5.92 Å². The van der Waals surface area contributed by atoms with Gasteiger partial charge in [0.1, 0.15) is 0 Å². The Kier molecular flexibility index (Phi) is 6.68. The van der Waals surface area contributed by atoms with Crippen LogP contribution in [0.15, 0.2) is 12.7 Å². The van der Waals surface area contributed by atoms with Gasteiger partial charge in [-0.05, 0) is 25.2 Å². The Labute approximate surface area is 74.1 Å². The monoisotopic (exact) mass is 176 g/mol. The van der Waals surface area contributed by atoms with E-state index in [1.54, 1.807) is 0 Å². The fourth-order valence-corrected chi connectivity index (χ4v) is 1.23. The Morgan fingerprint density at radius 3 is 2.73 bits per heavy atom. The van der Waals surface area contributed by atoms with E-state index in [9.17, 15) is 5.11 Å². The smallest absolute Gasteiger partial charge is 0.0700 e. The summed E-state index contributed by atoms with van der Waals surface area (Å²) in [5, 5.41) is 9.27. The van der Waals surface area contributed by atoms with Crippen LogP contribution in [-0.4, -0.2) is 17.1 Å². The van der Waals surface area contributed by atoms with E-state index in [1.165, 1.54) is 0 Å². The van der Waals surface area contributed by atoms with Crippen molar-refractivity contribution >= 4 is 11.6 Å². The van der Waals surface area contributed by atoms with E-state index >= 15 is 0 Å². The lowest BCUT2D eigenvalue weighted by molar-refractivity contribution is 0.132. The third-order valence-corrected chi connectivity index (χ3v) is 2.20. The number of unbranched alkanes of at least 4 members (excludes halogenated alkanes) is 1. The molecule has 0 radical (unpaired) electrons. The summed E-state index contributed by atoms with van der Waals surface area (Å²) in [5.41, 5.74) is 0. The maximum Gasteiger partial charge on any atom is 0.0700 e. The van der Waals surface area contributed by atoms with Crippen molar-refractivity contribution in [3.05, 3.63) is 12.7 Å². The van der Waals surface area contributed by atoms with E-state index in [0.717, 1.165) is 19.3 Å². The molecule has 0 saturated heterocycles. The van der Waals surface area contributed by atoms with Crippen LogP contribution >= 0.6 is 11.6 Å². The maximum atomic E-state index is 9.27. The number of aliphatic hydroxyl groups excluding tert-OH is 1. The van der Waals surface area contributed by atoms with E-state index in [0.29, 0.717) is 11.8 Å². The molecule has 0 aromatic carbocycles. The van der Waals surface area contributed by atoms with E-state index in [2.05, 4.69) is 6.58 Å². The van der Waals surface area contributed by atoms with Gasteiger partial charge in [-0.1, -0.05) is 13.0 Å². The summed E-state index contributed by atoms with van der Waals surface area (Å²) in [7, 11) is 0. The summed E-state index contributed by atoms with van der Waals surface area (Å²) in [6, 6.07) is 0. The largest absolute Gasteiger partial charge is 0.392 e. The minimum Gasteiger partial charge on any atom is -0.392 e. The first-order chi connectivity index (χ1) is 5.22. The van der Waals surface area contributed by atoms with Gasteiger partial charge in [-0.15, -0.1) is 18.2 Å². The van der Waals surface area contributed by atoms with Crippen LogP contribution in [0, 0.1) is 5.92 Å². The van der Waals surface area contributed by atoms with Crippen molar-refractivity contribution in [2.75, 3.05) is 5.88 Å². The minimum absolute atomic E-state index is 0.312. The summed E-state index contributed by atoms with van der Waals surface area (Å²) in [5.74, 6) is 0.655. The lowest BCUT2D eigenvalue weighted by atomic mass is 9.99. The number of hydrogen-bond acceptors (Lipinski definition) is 1. The summed E-state index contributed by atoms with van der Waals surface area (Å²) in [4.78, 5) is 0. The number of hydrogen-bond donors (Lipinski definition) is 1. The average Bonchev–Trinajstić information content (AvgIpc) is 2.03. The van der Waals surface area contributed by atoms with Crippen molar-refractivity contribution < 1.29 is 5.11 Å². The molecule has 2 atom stereocenters. The molecule has 0 saturated carbocycles. The highest BCUT2D eigenvalue weighted by molar-refractivity contribution is 6.18. The maximum absolute atomic E-state index is 9.27. The van der Waals surface area contributed by atoms with Crippen LogP contribution in [0.25, 0.3) is 0 Å². The second-order valence-electron chi connectivity index (χ2n) is 2.92. The first-order valence-corrected chi connectivity index (χ1v) is 4.60. The Morgan fingerprint density at radius 1 is 1.64 bits per heavy atom. The Hall–Kier alpha value is -0.0100. The van der Waals surface area contributed by atoms with Gasteiger partial charge in [0.25, 0.3) is 0 Å². The Bertz CT molecular complexity index is 104. The van der Waals surface area contributed by atoms with Gasteiger partial charge in [0.05, 0.1) is 6.10 Å². The molecule has 0 aromatic rings. The third kappa shape index (κ3) is 5.28. The predicted molar refractivity (Wildman–Crippen MR) is 49.9 cm³/mol. The highest BCUT2D eigenvalue weighted by atomic mass is 35.5. The molecule has 0 rings (SSSR count). The SMILES string of the molecule is C=CCCCC(C)C(O)CCl. The average molecular weight is 177 g/mol. The van der Waals surface area contributed by atoms with E-state index in [-0.39, 0.29) is 6.10 Å². The second kappa shape index (κ2) is 6.68. The van der Waals surface area contributed by atoms with Crippen LogP contribution in [0.4, 0.5) is 0 Å². The normalized spacial score (nSPS) is 15.9. The Morgan fingerprint density at radius 2 is 2.27 bits per heavy atom. The standard InChI is InChI=1S/C9H17ClO/c1-3-4-5-6-8(2)9(11)7-10/h3,8-9,11H,1,4-7H2,2H3. The number of allylic oxidation sites excluding steroid dienone is 1. The molecule has 0 bridgehead atoms. The van der Waals surface area contributed by atoms with Crippen LogP contribution in [0.5, 0.6) is 0 Å². The molecule has 0 aliphatic carbocycles. The van der Waals surface area contributed by atoms with Gasteiger partial charge >= 0.3 is 0 Å². The van der Waals surface area contributed by atoms with Gasteiger partial charge in [-0.25, -0.2) is 0 Å². The minimum atomic E-state index is -0.346. The molecule has 11 heavy (non-hydrogen) atoms. The lowest BCUT2D eigenvalue weighted by Crippen LogP contribution is -2.18. The second-order valence-corrected chi connectivity index (χ2v) is 3.23. The van der Waals surface area contributed by atoms with E-state index < -0.39 is 0 Å². The zero-order chi connectivity index (χ0) is 8.69. The zero-order valence-electron chi connectivity index (χ0n) is 7.09. The van der Waals surface area contributed by atoms with Crippen molar-refractivity contribution in [3.8, 4) is 0 Å². The number of aliphatic hydroxyl groups is 1. The topological polar surface area (TPSA) is 20.2 Å². The fraction of sp³-hybridized carbons (Fsp3) is 0.778. The van der Waals surface area contributed by atoms with E-state index in [4.69, 9.17) is 11.6 Å². The van der Waals surface area contributed by atoms with Gasteiger partial charge in [0, 0.05) is 5.88 Å². The van der Waals surface area contributed by atoms with Gasteiger partial charge < -0.3 is 5.11 Å². The summed E-state index contributed by atoms with van der Waals surface area (Å²) in [6.45, 7) is 5.66. The molecule has 0 aliphatic heterocycles. The van der Waals surface area contributed by atoms with Gasteiger partial charge in [0.2, 0.25) is 0 Å². The molecule has 0 aromatic heterocycles. The molecule has 2 unspecified atom stereocenters. The quantitative estimate of drug-likeness (QED) is 0.375. The molecule has 1 nitrogen and oxygen atoms in total. The van der Waals surface area contributed by atoms with Crippen LogP contribution in [0.2, 0.25) is 0 Å². The molecule has 2 heteroatoms. The van der Waals surface area contributed by atoms with Crippen LogP contribution in [0.1, 0.15) is 26.2 Å². The van der Waals surface area contributed by atoms with Gasteiger partial charge in [-0.2, -0.15) is 0 Å². The van der Waals surface area contributed by atoms with Crippen molar-refractivity contribution in [3.63, 3.8) is 0 Å². The lowest BCUT2D eigenvalue weighted by Gasteiger charge is -2.15.